The first-order valence-electron chi connectivity index (χ1n) is 7.19. The van der Waals surface area contributed by atoms with Gasteiger partial charge in [0.05, 0.1) is 12.2 Å². The monoisotopic (exact) mass is 337 g/mol. The summed E-state index contributed by atoms with van der Waals surface area (Å²) < 4.78 is 8.20. The lowest BCUT2D eigenvalue weighted by molar-refractivity contribution is -0.123. The smallest absolute Gasteiger partial charge is 0.129 e. The summed E-state index contributed by atoms with van der Waals surface area (Å²) in [6.07, 6.45) is 4.08. The Hall–Kier alpha value is -0.400. The van der Waals surface area contributed by atoms with E-state index in [1.54, 1.807) is 0 Å². The lowest BCUT2D eigenvalue weighted by Gasteiger charge is -2.45. The van der Waals surface area contributed by atoms with Crippen LogP contribution in [-0.2, 0) is 11.3 Å². The Morgan fingerprint density at radius 2 is 2.05 bits per heavy atom. The van der Waals surface area contributed by atoms with Crippen LogP contribution < -0.4 is 5.32 Å². The van der Waals surface area contributed by atoms with Crippen LogP contribution in [0.15, 0.2) is 6.33 Å². The molecule has 122 valence electrons. The number of nitrogens with one attached hydrogen (secondary N) is 1. The number of morpholine rings is 1. The van der Waals surface area contributed by atoms with Crippen LogP contribution in [0.4, 0.5) is 0 Å². The quantitative estimate of drug-likeness (QED) is 0.887. The van der Waals surface area contributed by atoms with E-state index in [9.17, 15) is 0 Å². The molecule has 0 unspecified atom stereocenters. The number of rotatable bonds is 3. The van der Waals surface area contributed by atoms with Crippen molar-refractivity contribution in [3.63, 3.8) is 0 Å². The molecule has 8 heteroatoms. The van der Waals surface area contributed by atoms with Crippen LogP contribution in [0.1, 0.15) is 18.7 Å². The number of nitrogens with zero attached hydrogens (tertiary/aromatic N) is 4. The molecule has 0 radical (unpaired) electrons. The number of hydrogen-bond acceptors (Lipinski definition) is 5. The summed E-state index contributed by atoms with van der Waals surface area (Å²) in [5.41, 5.74) is 0.103. The SMILES string of the molecule is Cc1nncn1CCN1CCOC2(CCNCC2)C1.Cl.Cl. The molecule has 0 aromatic carbocycles. The Morgan fingerprint density at radius 3 is 2.71 bits per heavy atom. The zero-order valence-electron chi connectivity index (χ0n) is 12.5. The number of ether oxygens (including phenoxy) is 1. The van der Waals surface area contributed by atoms with Gasteiger partial charge in [-0.3, -0.25) is 4.90 Å². The van der Waals surface area contributed by atoms with Crippen LogP contribution in [0.3, 0.4) is 0 Å². The van der Waals surface area contributed by atoms with E-state index in [1.807, 2.05) is 13.3 Å². The van der Waals surface area contributed by atoms with Crippen LogP contribution >= 0.6 is 24.8 Å². The summed E-state index contributed by atoms with van der Waals surface area (Å²) in [6, 6.07) is 0. The van der Waals surface area contributed by atoms with Gasteiger partial charge in [0.2, 0.25) is 0 Å². The molecular weight excluding hydrogens is 313 g/mol. The molecule has 1 aromatic heterocycles. The first-order valence-corrected chi connectivity index (χ1v) is 7.19. The van der Waals surface area contributed by atoms with Gasteiger partial charge >= 0.3 is 0 Å². The molecule has 2 aliphatic rings. The summed E-state index contributed by atoms with van der Waals surface area (Å²) in [5.74, 6) is 0.991. The average molecular weight is 338 g/mol. The molecule has 0 amide bonds. The second-order valence-corrected chi connectivity index (χ2v) is 5.63. The molecule has 3 rings (SSSR count). The van der Waals surface area contributed by atoms with Gasteiger partial charge in [-0.1, -0.05) is 0 Å². The van der Waals surface area contributed by atoms with Crippen LogP contribution in [0.5, 0.6) is 0 Å². The topological polar surface area (TPSA) is 55.2 Å². The van der Waals surface area contributed by atoms with Crippen molar-refractivity contribution >= 4 is 24.8 Å². The molecule has 1 spiro atoms. The summed E-state index contributed by atoms with van der Waals surface area (Å²) in [7, 11) is 0. The first kappa shape index (κ1) is 18.6. The van der Waals surface area contributed by atoms with Gasteiger partial charge in [0.25, 0.3) is 0 Å². The van der Waals surface area contributed by atoms with Gasteiger partial charge in [0, 0.05) is 26.2 Å². The highest BCUT2D eigenvalue weighted by atomic mass is 35.5. The van der Waals surface area contributed by atoms with Crippen LogP contribution in [0, 0.1) is 6.92 Å². The Bertz CT molecular complexity index is 417. The van der Waals surface area contributed by atoms with E-state index in [0.717, 1.165) is 64.5 Å². The molecule has 0 bridgehead atoms. The zero-order chi connectivity index (χ0) is 13.1. The summed E-state index contributed by atoms with van der Waals surface area (Å²) >= 11 is 0. The summed E-state index contributed by atoms with van der Waals surface area (Å²) in [5, 5.41) is 11.4. The van der Waals surface area contributed by atoms with Crippen LogP contribution in [-0.4, -0.2) is 64.6 Å². The Kier molecular flexibility index (Phi) is 7.36. The summed E-state index contributed by atoms with van der Waals surface area (Å²) in [4.78, 5) is 2.52. The number of halogens is 2. The fourth-order valence-corrected chi connectivity index (χ4v) is 3.08. The van der Waals surface area contributed by atoms with Crippen molar-refractivity contribution < 1.29 is 4.74 Å². The molecule has 1 N–H and O–H groups in total. The summed E-state index contributed by atoms with van der Waals surface area (Å²) in [6.45, 7) is 9.15. The number of piperidine rings is 1. The molecule has 2 saturated heterocycles. The van der Waals surface area contributed by atoms with Crippen molar-refractivity contribution in [1.82, 2.24) is 25.0 Å². The van der Waals surface area contributed by atoms with Crippen molar-refractivity contribution in [3.8, 4) is 0 Å². The minimum absolute atomic E-state index is 0. The maximum atomic E-state index is 6.08. The maximum absolute atomic E-state index is 6.08. The van der Waals surface area contributed by atoms with E-state index in [2.05, 4.69) is 25.0 Å². The fraction of sp³-hybridized carbons (Fsp3) is 0.846. The van der Waals surface area contributed by atoms with Crippen molar-refractivity contribution in [2.45, 2.75) is 31.9 Å². The lowest BCUT2D eigenvalue weighted by Crippen LogP contribution is -2.56. The third-order valence-electron chi connectivity index (χ3n) is 4.31. The largest absolute Gasteiger partial charge is 0.372 e. The number of aryl methyl sites for hydroxylation is 1. The Balaban J connectivity index is 0.00000110. The van der Waals surface area contributed by atoms with Crippen molar-refractivity contribution in [2.75, 3.05) is 39.3 Å². The van der Waals surface area contributed by atoms with Crippen molar-refractivity contribution in [2.24, 2.45) is 0 Å². The van der Waals surface area contributed by atoms with E-state index in [0.29, 0.717) is 0 Å². The Morgan fingerprint density at radius 1 is 1.29 bits per heavy atom. The highest BCUT2D eigenvalue weighted by Crippen LogP contribution is 2.27. The predicted octanol–water partition coefficient (Wildman–Crippen LogP) is 0.885. The normalized spacial score (nSPS) is 21.6. The van der Waals surface area contributed by atoms with Gasteiger partial charge in [-0.15, -0.1) is 35.0 Å². The second-order valence-electron chi connectivity index (χ2n) is 5.63. The maximum Gasteiger partial charge on any atom is 0.129 e. The molecular formula is C13H25Cl2N5O. The van der Waals surface area contributed by atoms with Gasteiger partial charge in [0.15, 0.2) is 0 Å². The molecule has 0 saturated carbocycles. The molecule has 3 heterocycles. The molecule has 2 fully saturated rings. The highest BCUT2D eigenvalue weighted by Gasteiger charge is 2.37. The average Bonchev–Trinajstić information content (AvgIpc) is 2.83. The number of aromatic nitrogens is 3. The Labute approximate surface area is 138 Å². The van der Waals surface area contributed by atoms with Gasteiger partial charge in [-0.2, -0.15) is 0 Å². The van der Waals surface area contributed by atoms with Crippen molar-refractivity contribution in [1.29, 1.82) is 0 Å². The van der Waals surface area contributed by atoms with E-state index >= 15 is 0 Å². The van der Waals surface area contributed by atoms with E-state index < -0.39 is 0 Å². The third-order valence-corrected chi connectivity index (χ3v) is 4.31. The third kappa shape index (κ3) is 4.53. The van der Waals surface area contributed by atoms with Crippen LogP contribution in [0.2, 0.25) is 0 Å². The van der Waals surface area contributed by atoms with E-state index in [-0.39, 0.29) is 30.4 Å². The molecule has 0 atom stereocenters. The van der Waals surface area contributed by atoms with Crippen molar-refractivity contribution in [3.05, 3.63) is 12.2 Å². The molecule has 2 aliphatic heterocycles. The zero-order valence-corrected chi connectivity index (χ0v) is 14.1. The van der Waals surface area contributed by atoms with Gasteiger partial charge in [-0.05, 0) is 32.9 Å². The molecule has 6 nitrogen and oxygen atoms in total. The molecule has 1 aromatic rings. The van der Waals surface area contributed by atoms with E-state index in [4.69, 9.17) is 4.74 Å². The van der Waals surface area contributed by atoms with Gasteiger partial charge in [0.1, 0.15) is 12.2 Å². The van der Waals surface area contributed by atoms with E-state index in [1.165, 1.54) is 0 Å². The second kappa shape index (κ2) is 8.29. The standard InChI is InChI=1S/C13H23N5O.2ClH/c1-12-16-15-11-18(12)7-6-17-8-9-19-13(10-17)2-4-14-5-3-13;;/h11,14H,2-10H2,1H3;2*1H. The minimum atomic E-state index is 0. The van der Waals surface area contributed by atoms with Gasteiger partial charge < -0.3 is 14.6 Å². The first-order chi connectivity index (χ1) is 9.27. The lowest BCUT2D eigenvalue weighted by atomic mass is 9.90. The molecule has 0 aliphatic carbocycles. The van der Waals surface area contributed by atoms with Crippen LogP contribution in [0.25, 0.3) is 0 Å². The number of hydrogen-bond donors (Lipinski definition) is 1. The van der Waals surface area contributed by atoms with Gasteiger partial charge in [-0.25, -0.2) is 0 Å². The molecule has 21 heavy (non-hydrogen) atoms. The minimum Gasteiger partial charge on any atom is -0.372 e. The highest BCUT2D eigenvalue weighted by molar-refractivity contribution is 5.85. The fourth-order valence-electron chi connectivity index (χ4n) is 3.08. The predicted molar refractivity (Wildman–Crippen MR) is 86.5 cm³/mol.